The van der Waals surface area contributed by atoms with Gasteiger partial charge >= 0.3 is 0 Å². The standard InChI is InChI=1S/C22H19ClN2O2/c1-16(22(26)25-24-15-19-9-5-6-10-21(19)23)27-20-13-11-18(12-14-20)17-7-3-2-4-8-17/h2-16H,1H3,(H,25,26)/b24-15-/t16-/m0/s1. The fraction of sp³-hybridized carbons (Fsp3) is 0.0909. The summed E-state index contributed by atoms with van der Waals surface area (Å²) in [6.45, 7) is 1.67. The predicted octanol–water partition coefficient (Wildman–Crippen LogP) is 4.92. The van der Waals surface area contributed by atoms with Gasteiger partial charge in [-0.05, 0) is 36.2 Å². The van der Waals surface area contributed by atoms with Crippen LogP contribution in [-0.4, -0.2) is 18.2 Å². The Morgan fingerprint density at radius 1 is 0.963 bits per heavy atom. The van der Waals surface area contributed by atoms with E-state index in [4.69, 9.17) is 16.3 Å². The second-order valence-corrected chi connectivity index (χ2v) is 6.31. The molecule has 3 aromatic rings. The minimum atomic E-state index is -0.684. The third kappa shape index (κ3) is 5.19. The van der Waals surface area contributed by atoms with Gasteiger partial charge in [-0.25, -0.2) is 5.43 Å². The fourth-order valence-electron chi connectivity index (χ4n) is 2.45. The third-order valence-electron chi connectivity index (χ3n) is 3.93. The summed E-state index contributed by atoms with van der Waals surface area (Å²) in [5.74, 6) is 0.276. The summed E-state index contributed by atoms with van der Waals surface area (Å²) in [7, 11) is 0. The zero-order valence-corrected chi connectivity index (χ0v) is 15.6. The highest BCUT2D eigenvalue weighted by Gasteiger charge is 2.14. The molecule has 4 nitrogen and oxygen atoms in total. The molecule has 0 aromatic heterocycles. The zero-order valence-electron chi connectivity index (χ0n) is 14.8. The van der Waals surface area contributed by atoms with Crippen molar-refractivity contribution in [3.8, 4) is 16.9 Å². The number of rotatable bonds is 6. The first-order chi connectivity index (χ1) is 13.1. The SMILES string of the molecule is C[C@H](Oc1ccc(-c2ccccc2)cc1)C(=O)N/N=C\c1ccccc1Cl. The summed E-state index contributed by atoms with van der Waals surface area (Å²) in [6, 6.07) is 24.9. The topological polar surface area (TPSA) is 50.7 Å². The maximum absolute atomic E-state index is 12.1. The highest BCUT2D eigenvalue weighted by atomic mass is 35.5. The molecule has 0 saturated heterocycles. The van der Waals surface area contributed by atoms with Gasteiger partial charge in [-0.15, -0.1) is 0 Å². The first-order valence-electron chi connectivity index (χ1n) is 8.53. The minimum absolute atomic E-state index is 0.342. The van der Waals surface area contributed by atoms with Gasteiger partial charge in [0, 0.05) is 10.6 Å². The van der Waals surface area contributed by atoms with E-state index in [1.807, 2.05) is 72.8 Å². The Kier molecular flexibility index (Phi) is 6.23. The van der Waals surface area contributed by atoms with E-state index in [1.54, 1.807) is 13.0 Å². The van der Waals surface area contributed by atoms with Crippen LogP contribution in [0.25, 0.3) is 11.1 Å². The number of hydrogen-bond acceptors (Lipinski definition) is 3. The molecule has 0 heterocycles. The van der Waals surface area contributed by atoms with Crippen LogP contribution in [0.15, 0.2) is 84.0 Å². The van der Waals surface area contributed by atoms with Crippen LogP contribution in [0.4, 0.5) is 0 Å². The molecule has 0 fully saturated rings. The molecule has 0 aliphatic heterocycles. The van der Waals surface area contributed by atoms with Crippen molar-refractivity contribution >= 4 is 23.7 Å². The van der Waals surface area contributed by atoms with Crippen LogP contribution in [0.2, 0.25) is 5.02 Å². The van der Waals surface area contributed by atoms with Crippen molar-refractivity contribution in [2.45, 2.75) is 13.0 Å². The molecule has 0 unspecified atom stereocenters. The molecule has 0 spiro atoms. The lowest BCUT2D eigenvalue weighted by Crippen LogP contribution is -2.33. The number of ether oxygens (including phenoxy) is 1. The lowest BCUT2D eigenvalue weighted by Gasteiger charge is -2.13. The van der Waals surface area contributed by atoms with Crippen molar-refractivity contribution < 1.29 is 9.53 Å². The van der Waals surface area contributed by atoms with Crippen LogP contribution in [-0.2, 0) is 4.79 Å². The van der Waals surface area contributed by atoms with Crippen molar-refractivity contribution in [2.24, 2.45) is 5.10 Å². The molecular weight excluding hydrogens is 360 g/mol. The van der Waals surface area contributed by atoms with Crippen LogP contribution >= 0.6 is 11.6 Å². The van der Waals surface area contributed by atoms with Crippen LogP contribution in [0.5, 0.6) is 5.75 Å². The first kappa shape index (κ1) is 18.7. The van der Waals surface area contributed by atoms with E-state index in [9.17, 15) is 4.79 Å². The van der Waals surface area contributed by atoms with E-state index in [0.29, 0.717) is 10.8 Å². The molecule has 0 bridgehead atoms. The van der Waals surface area contributed by atoms with E-state index in [-0.39, 0.29) is 5.91 Å². The van der Waals surface area contributed by atoms with Crippen molar-refractivity contribution in [2.75, 3.05) is 0 Å². The molecule has 1 atom stereocenters. The Morgan fingerprint density at radius 2 is 1.59 bits per heavy atom. The monoisotopic (exact) mass is 378 g/mol. The molecule has 3 rings (SSSR count). The summed E-state index contributed by atoms with van der Waals surface area (Å²) in [6.07, 6.45) is 0.817. The number of carbonyl (C=O) groups is 1. The van der Waals surface area contributed by atoms with E-state index in [0.717, 1.165) is 16.7 Å². The van der Waals surface area contributed by atoms with Gasteiger partial charge in [0.1, 0.15) is 5.75 Å². The number of amides is 1. The molecule has 1 amide bonds. The maximum Gasteiger partial charge on any atom is 0.280 e. The molecule has 0 aliphatic rings. The molecule has 1 N–H and O–H groups in total. The van der Waals surface area contributed by atoms with Crippen LogP contribution in [0, 0.1) is 0 Å². The molecule has 5 heteroatoms. The van der Waals surface area contributed by atoms with Gasteiger partial charge in [0.25, 0.3) is 5.91 Å². The van der Waals surface area contributed by atoms with Crippen LogP contribution in [0.3, 0.4) is 0 Å². The fourth-order valence-corrected chi connectivity index (χ4v) is 2.63. The quantitative estimate of drug-likeness (QED) is 0.488. The Hall–Kier alpha value is -3.11. The van der Waals surface area contributed by atoms with Gasteiger partial charge in [-0.1, -0.05) is 72.3 Å². The Balaban J connectivity index is 1.56. The molecule has 0 radical (unpaired) electrons. The van der Waals surface area contributed by atoms with Crippen molar-refractivity contribution in [1.82, 2.24) is 5.43 Å². The number of benzene rings is 3. The van der Waals surface area contributed by atoms with Gasteiger partial charge in [0.2, 0.25) is 0 Å². The highest BCUT2D eigenvalue weighted by Crippen LogP contribution is 2.22. The number of nitrogens with one attached hydrogen (secondary N) is 1. The second kappa shape index (κ2) is 9.01. The average molecular weight is 379 g/mol. The van der Waals surface area contributed by atoms with E-state index < -0.39 is 6.10 Å². The second-order valence-electron chi connectivity index (χ2n) is 5.91. The zero-order chi connectivity index (χ0) is 19.1. The number of halogens is 1. The van der Waals surface area contributed by atoms with Gasteiger partial charge in [0.15, 0.2) is 6.10 Å². The summed E-state index contributed by atoms with van der Waals surface area (Å²) in [5, 5.41) is 4.50. The molecule has 3 aromatic carbocycles. The number of hydrazone groups is 1. The summed E-state index contributed by atoms with van der Waals surface area (Å²) >= 11 is 6.04. The van der Waals surface area contributed by atoms with E-state index in [2.05, 4.69) is 10.5 Å². The molecule has 27 heavy (non-hydrogen) atoms. The molecular formula is C22H19ClN2O2. The van der Waals surface area contributed by atoms with Gasteiger partial charge in [-0.2, -0.15) is 5.10 Å². The van der Waals surface area contributed by atoms with Crippen LogP contribution < -0.4 is 10.2 Å². The number of hydrogen-bond donors (Lipinski definition) is 1. The van der Waals surface area contributed by atoms with Crippen molar-refractivity contribution in [3.05, 3.63) is 89.4 Å². The number of nitrogens with zero attached hydrogens (tertiary/aromatic N) is 1. The Bertz CT molecular complexity index is 925. The minimum Gasteiger partial charge on any atom is -0.481 e. The molecule has 136 valence electrons. The van der Waals surface area contributed by atoms with Crippen molar-refractivity contribution in [3.63, 3.8) is 0 Å². The summed E-state index contributed by atoms with van der Waals surface area (Å²) in [5.41, 5.74) is 5.40. The van der Waals surface area contributed by atoms with Crippen LogP contribution in [0.1, 0.15) is 12.5 Å². The summed E-state index contributed by atoms with van der Waals surface area (Å²) < 4.78 is 5.68. The third-order valence-corrected chi connectivity index (χ3v) is 4.27. The van der Waals surface area contributed by atoms with Gasteiger partial charge < -0.3 is 4.74 Å². The molecule has 0 aliphatic carbocycles. The normalized spacial score (nSPS) is 11.9. The average Bonchev–Trinajstić information content (AvgIpc) is 2.70. The highest BCUT2D eigenvalue weighted by molar-refractivity contribution is 6.33. The Labute approximate surface area is 163 Å². The van der Waals surface area contributed by atoms with Crippen molar-refractivity contribution in [1.29, 1.82) is 0 Å². The lowest BCUT2D eigenvalue weighted by molar-refractivity contribution is -0.127. The van der Waals surface area contributed by atoms with E-state index in [1.165, 1.54) is 6.21 Å². The lowest BCUT2D eigenvalue weighted by atomic mass is 10.1. The molecule has 0 saturated carbocycles. The summed E-state index contributed by atoms with van der Waals surface area (Å²) in [4.78, 5) is 12.1. The maximum atomic E-state index is 12.1. The van der Waals surface area contributed by atoms with E-state index >= 15 is 0 Å². The van der Waals surface area contributed by atoms with Gasteiger partial charge in [-0.3, -0.25) is 4.79 Å². The first-order valence-corrected chi connectivity index (χ1v) is 8.91. The smallest absolute Gasteiger partial charge is 0.280 e. The largest absolute Gasteiger partial charge is 0.481 e. The Morgan fingerprint density at radius 3 is 2.30 bits per heavy atom. The number of carbonyl (C=O) groups excluding carboxylic acids is 1. The predicted molar refractivity (Wildman–Crippen MR) is 109 cm³/mol. The van der Waals surface area contributed by atoms with Gasteiger partial charge in [0.05, 0.1) is 6.21 Å².